The maximum atomic E-state index is 13.9. The molecule has 2 aliphatic rings. The Labute approximate surface area is 189 Å². The van der Waals surface area contributed by atoms with Crippen molar-refractivity contribution in [1.29, 1.82) is 0 Å². The van der Waals surface area contributed by atoms with E-state index in [4.69, 9.17) is 4.74 Å². The number of carbonyl (C=O) groups is 2. The van der Waals surface area contributed by atoms with Crippen molar-refractivity contribution in [3.05, 3.63) is 63.1 Å². The normalized spacial score (nSPS) is 21.6. The molecule has 9 heteroatoms. The molecule has 2 atom stereocenters. The van der Waals surface area contributed by atoms with E-state index in [1.54, 1.807) is 12.0 Å². The van der Waals surface area contributed by atoms with Crippen LogP contribution in [0.1, 0.15) is 53.1 Å². The van der Waals surface area contributed by atoms with Crippen molar-refractivity contribution >= 4 is 11.7 Å². The van der Waals surface area contributed by atoms with Crippen molar-refractivity contribution in [2.45, 2.75) is 51.2 Å². The van der Waals surface area contributed by atoms with Crippen molar-refractivity contribution in [3.8, 4) is 5.75 Å². The van der Waals surface area contributed by atoms with Crippen molar-refractivity contribution in [1.82, 2.24) is 9.47 Å². The van der Waals surface area contributed by atoms with Crippen LogP contribution in [0.25, 0.3) is 0 Å². The second-order valence-electron chi connectivity index (χ2n) is 9.08. The quantitative estimate of drug-likeness (QED) is 0.642. The molecule has 1 aliphatic carbocycles. The lowest BCUT2D eigenvalue weighted by atomic mass is 9.99. The molecule has 1 spiro atoms. The first kappa shape index (κ1) is 23.1. The molecule has 2 heterocycles. The number of amides is 1. The number of nitrogens with zero attached hydrogens (tertiary/aromatic N) is 2. The summed E-state index contributed by atoms with van der Waals surface area (Å²) in [6.07, 6.45) is 1.79. The molecule has 0 radical (unpaired) electrons. The lowest BCUT2D eigenvalue weighted by molar-refractivity contribution is 0.0377. The third kappa shape index (κ3) is 3.84. The van der Waals surface area contributed by atoms with E-state index in [-0.39, 0.29) is 41.6 Å². The standard InChI is InChI=1S/C24H26F2N2O5/c1-13(2)28-23(32)20-22(31)21(30)17(10-27(20)12-24(28)9-15(24)11-33-3)19(29)7-5-14-4-6-16(25)8-18(14)26/h4,6,8,10,13,15,31H,5,7,9,11-12H2,1-3H3/t15-,24-/m1/s1. The maximum absolute atomic E-state index is 13.9. The average Bonchev–Trinajstić information content (AvgIpc) is 3.40. The third-order valence-electron chi connectivity index (χ3n) is 6.62. The van der Waals surface area contributed by atoms with Gasteiger partial charge in [0.25, 0.3) is 5.91 Å². The first-order valence-corrected chi connectivity index (χ1v) is 10.9. The Morgan fingerprint density at radius 3 is 2.67 bits per heavy atom. The van der Waals surface area contributed by atoms with Gasteiger partial charge in [0.05, 0.1) is 17.7 Å². The van der Waals surface area contributed by atoms with Crippen LogP contribution in [0, 0.1) is 17.6 Å². The number of rotatable bonds is 7. The number of carbonyl (C=O) groups excluding carboxylic acids is 2. The van der Waals surface area contributed by atoms with E-state index in [1.807, 2.05) is 13.8 Å². The van der Waals surface area contributed by atoms with Gasteiger partial charge in [-0.2, -0.15) is 0 Å². The summed E-state index contributed by atoms with van der Waals surface area (Å²) in [5, 5.41) is 10.6. The topological polar surface area (TPSA) is 88.8 Å². The third-order valence-corrected chi connectivity index (χ3v) is 6.62. The molecule has 1 amide bonds. The van der Waals surface area contributed by atoms with Gasteiger partial charge in [0.1, 0.15) is 11.6 Å². The molecular weight excluding hydrogens is 434 g/mol. The van der Waals surface area contributed by atoms with E-state index < -0.39 is 40.0 Å². The molecule has 4 rings (SSSR count). The fraction of sp³-hybridized carbons (Fsp3) is 0.458. The molecule has 1 saturated carbocycles. The summed E-state index contributed by atoms with van der Waals surface area (Å²) >= 11 is 0. The maximum Gasteiger partial charge on any atom is 0.275 e. The number of aryl methyl sites for hydroxylation is 1. The zero-order valence-corrected chi connectivity index (χ0v) is 18.7. The Morgan fingerprint density at radius 1 is 1.30 bits per heavy atom. The molecule has 0 unspecified atom stereocenters. The van der Waals surface area contributed by atoms with Crippen LogP contribution in [-0.2, 0) is 17.7 Å². The van der Waals surface area contributed by atoms with E-state index in [2.05, 4.69) is 0 Å². The number of hydrogen-bond donors (Lipinski definition) is 1. The summed E-state index contributed by atoms with van der Waals surface area (Å²) in [7, 11) is 1.59. The van der Waals surface area contributed by atoms with Crippen LogP contribution in [0.3, 0.4) is 0 Å². The minimum absolute atomic E-state index is 0.0349. The number of fused-ring (bicyclic) bond motifs is 1. The number of pyridine rings is 1. The Balaban J connectivity index is 1.66. The molecule has 1 N–H and O–H groups in total. The Bertz CT molecular complexity index is 1190. The van der Waals surface area contributed by atoms with Gasteiger partial charge in [-0.05, 0) is 38.3 Å². The van der Waals surface area contributed by atoms with Gasteiger partial charge < -0.3 is 19.3 Å². The molecule has 33 heavy (non-hydrogen) atoms. The van der Waals surface area contributed by atoms with Gasteiger partial charge in [-0.1, -0.05) is 6.07 Å². The average molecular weight is 460 g/mol. The van der Waals surface area contributed by atoms with Crippen LogP contribution in [0.5, 0.6) is 5.75 Å². The fourth-order valence-corrected chi connectivity index (χ4v) is 5.01. The zero-order valence-electron chi connectivity index (χ0n) is 18.7. The van der Waals surface area contributed by atoms with Gasteiger partial charge in [-0.25, -0.2) is 8.78 Å². The lowest BCUT2D eigenvalue weighted by Crippen LogP contribution is -2.55. The summed E-state index contributed by atoms with van der Waals surface area (Å²) in [4.78, 5) is 40.6. The lowest BCUT2D eigenvalue weighted by Gasteiger charge is -2.42. The first-order valence-electron chi connectivity index (χ1n) is 10.9. The highest BCUT2D eigenvalue weighted by atomic mass is 19.1. The van der Waals surface area contributed by atoms with Crippen molar-refractivity contribution in [3.63, 3.8) is 0 Å². The molecule has 176 valence electrons. The zero-order chi connectivity index (χ0) is 24.1. The predicted octanol–water partition coefficient (Wildman–Crippen LogP) is 2.92. The van der Waals surface area contributed by atoms with Gasteiger partial charge in [0.2, 0.25) is 5.43 Å². The number of ketones is 1. The van der Waals surface area contributed by atoms with Crippen LogP contribution in [0.4, 0.5) is 8.78 Å². The van der Waals surface area contributed by atoms with Crippen LogP contribution >= 0.6 is 0 Å². The highest BCUT2D eigenvalue weighted by molar-refractivity contribution is 6.00. The van der Waals surface area contributed by atoms with E-state index in [1.165, 1.54) is 16.8 Å². The summed E-state index contributed by atoms with van der Waals surface area (Å²) in [5.74, 6) is -3.20. The molecular formula is C24H26F2N2O5. The molecule has 2 aromatic rings. The smallest absolute Gasteiger partial charge is 0.275 e. The number of aromatic nitrogens is 1. The summed E-state index contributed by atoms with van der Waals surface area (Å²) in [6.45, 7) is 4.53. The summed E-state index contributed by atoms with van der Waals surface area (Å²) < 4.78 is 33.8. The number of halogens is 2. The summed E-state index contributed by atoms with van der Waals surface area (Å²) in [6, 6.07) is 2.92. The SMILES string of the molecule is COC[C@H]1C[C@@]12Cn1cc(C(=O)CCc3ccc(F)cc3F)c(=O)c(O)c1C(=O)N2C(C)C. The van der Waals surface area contributed by atoms with Gasteiger partial charge in [0, 0.05) is 44.3 Å². The molecule has 1 aromatic heterocycles. The number of hydrogen-bond acceptors (Lipinski definition) is 5. The Morgan fingerprint density at radius 2 is 2.03 bits per heavy atom. The Kier molecular flexibility index (Phi) is 5.86. The molecule has 7 nitrogen and oxygen atoms in total. The van der Waals surface area contributed by atoms with E-state index in [9.17, 15) is 28.3 Å². The van der Waals surface area contributed by atoms with Crippen LogP contribution in [0.2, 0.25) is 0 Å². The summed E-state index contributed by atoms with van der Waals surface area (Å²) in [5.41, 5.74) is -1.68. The van der Waals surface area contributed by atoms with E-state index in [0.29, 0.717) is 19.6 Å². The largest absolute Gasteiger partial charge is 0.503 e. The van der Waals surface area contributed by atoms with Gasteiger partial charge in [-0.3, -0.25) is 14.4 Å². The minimum atomic E-state index is -0.928. The molecule has 1 aliphatic heterocycles. The molecule has 0 saturated heterocycles. The number of benzene rings is 1. The second kappa shape index (κ2) is 8.37. The highest BCUT2D eigenvalue weighted by Crippen LogP contribution is 2.53. The van der Waals surface area contributed by atoms with Crippen LogP contribution in [-0.4, -0.2) is 51.6 Å². The molecule has 1 aromatic carbocycles. The number of Topliss-reactive ketones (excluding diaryl/α,β-unsaturated/α-hetero) is 1. The highest BCUT2D eigenvalue weighted by Gasteiger charge is 2.63. The number of aromatic hydroxyl groups is 1. The predicted molar refractivity (Wildman–Crippen MR) is 115 cm³/mol. The Hall–Kier alpha value is -3.07. The monoisotopic (exact) mass is 460 g/mol. The second-order valence-corrected chi connectivity index (χ2v) is 9.08. The number of ether oxygens (including phenoxy) is 1. The minimum Gasteiger partial charge on any atom is -0.503 e. The van der Waals surface area contributed by atoms with Gasteiger partial charge in [0.15, 0.2) is 17.2 Å². The molecule has 1 fully saturated rings. The number of methoxy groups -OCH3 is 1. The van der Waals surface area contributed by atoms with Crippen molar-refractivity contribution in [2.75, 3.05) is 13.7 Å². The van der Waals surface area contributed by atoms with E-state index >= 15 is 0 Å². The van der Waals surface area contributed by atoms with Crippen LogP contribution < -0.4 is 5.43 Å². The van der Waals surface area contributed by atoms with Crippen LogP contribution in [0.15, 0.2) is 29.2 Å². The fourth-order valence-electron chi connectivity index (χ4n) is 5.01. The molecule has 0 bridgehead atoms. The first-order chi connectivity index (χ1) is 15.6. The van der Waals surface area contributed by atoms with Crippen molar-refractivity contribution in [2.24, 2.45) is 5.92 Å². The van der Waals surface area contributed by atoms with E-state index in [0.717, 1.165) is 12.1 Å². The van der Waals surface area contributed by atoms with Gasteiger partial charge >= 0.3 is 0 Å². The van der Waals surface area contributed by atoms with Gasteiger partial charge in [-0.15, -0.1) is 0 Å². The van der Waals surface area contributed by atoms with Crippen molar-refractivity contribution < 1.29 is 28.2 Å².